The number of anilines is 1. The maximum Gasteiger partial charge on any atom is 0.255 e. The van der Waals surface area contributed by atoms with Crippen molar-refractivity contribution in [1.82, 2.24) is 0 Å². The lowest BCUT2D eigenvalue weighted by Gasteiger charge is -2.21. The number of hydrogen-bond acceptors (Lipinski definition) is 3. The average Bonchev–Trinajstić information content (AvgIpc) is 2.96. The van der Waals surface area contributed by atoms with Crippen molar-refractivity contribution in [1.29, 1.82) is 0 Å². The average molecular weight is 534 g/mol. The SMILES string of the molecule is COc1cc(NC(=O)c2ccccc2C)ccc1C(=O)C1=c2ccc3c(c2CCC1)CC=c1c(Cl)cccc1=3. The summed E-state index contributed by atoms with van der Waals surface area (Å²) in [5.74, 6) is 0.207. The van der Waals surface area contributed by atoms with Crippen LogP contribution in [0.2, 0.25) is 5.02 Å². The van der Waals surface area contributed by atoms with Crippen LogP contribution in [0.3, 0.4) is 0 Å². The summed E-state index contributed by atoms with van der Waals surface area (Å²) >= 11 is 6.48. The first-order chi connectivity index (χ1) is 19.0. The van der Waals surface area contributed by atoms with Gasteiger partial charge in [-0.2, -0.15) is 0 Å². The van der Waals surface area contributed by atoms with Gasteiger partial charge in [0.05, 0.1) is 12.7 Å². The summed E-state index contributed by atoms with van der Waals surface area (Å²) < 4.78 is 5.63. The number of halogens is 1. The van der Waals surface area contributed by atoms with E-state index in [9.17, 15) is 9.59 Å². The summed E-state index contributed by atoms with van der Waals surface area (Å²) in [5, 5.41) is 8.17. The topological polar surface area (TPSA) is 55.4 Å². The maximum absolute atomic E-state index is 13.9. The Bertz CT molecular complexity index is 1890. The van der Waals surface area contributed by atoms with E-state index in [-0.39, 0.29) is 11.7 Å². The van der Waals surface area contributed by atoms with Gasteiger partial charge in [-0.25, -0.2) is 0 Å². The molecule has 4 nitrogen and oxygen atoms in total. The van der Waals surface area contributed by atoms with Gasteiger partial charge >= 0.3 is 0 Å². The first-order valence-corrected chi connectivity index (χ1v) is 13.6. The summed E-state index contributed by atoms with van der Waals surface area (Å²) in [6, 6.07) is 22.9. The second-order valence-electron chi connectivity index (χ2n) is 10.1. The van der Waals surface area contributed by atoms with Gasteiger partial charge in [-0.3, -0.25) is 9.59 Å². The molecule has 4 aromatic carbocycles. The minimum absolute atomic E-state index is 0.0345. The monoisotopic (exact) mass is 533 g/mol. The molecule has 0 bridgehead atoms. The van der Waals surface area contributed by atoms with E-state index in [0.29, 0.717) is 29.0 Å². The molecular formula is C34H28ClNO3. The van der Waals surface area contributed by atoms with E-state index in [2.05, 4.69) is 29.6 Å². The number of ether oxygens (including phenoxy) is 1. The summed E-state index contributed by atoms with van der Waals surface area (Å²) in [6.45, 7) is 1.90. The van der Waals surface area contributed by atoms with Gasteiger partial charge in [-0.1, -0.05) is 60.1 Å². The van der Waals surface area contributed by atoms with Crippen LogP contribution in [0.25, 0.3) is 11.6 Å². The molecule has 1 amide bonds. The lowest BCUT2D eigenvalue weighted by atomic mass is 9.83. The number of benzene rings is 4. The molecule has 5 heteroatoms. The fraction of sp³-hybridized carbons (Fsp3) is 0.176. The normalized spacial score (nSPS) is 13.5. The molecule has 0 saturated carbocycles. The van der Waals surface area contributed by atoms with Crippen molar-refractivity contribution in [2.24, 2.45) is 0 Å². The Kier molecular flexibility index (Phi) is 6.58. The third-order valence-corrected chi connectivity index (χ3v) is 8.16. The molecule has 0 radical (unpaired) electrons. The minimum Gasteiger partial charge on any atom is -0.496 e. The van der Waals surface area contributed by atoms with Crippen LogP contribution in [0.5, 0.6) is 5.75 Å². The Hall–Kier alpha value is -4.15. The first-order valence-electron chi connectivity index (χ1n) is 13.2. The molecule has 2 aliphatic carbocycles. The number of carbonyl (C=O) groups excluding carboxylic acids is 2. The lowest BCUT2D eigenvalue weighted by Crippen LogP contribution is -2.26. The Morgan fingerprint density at radius 1 is 0.846 bits per heavy atom. The number of carbonyl (C=O) groups is 2. The van der Waals surface area contributed by atoms with E-state index in [1.165, 1.54) is 16.3 Å². The number of fused-ring (bicyclic) bond motifs is 4. The molecule has 0 fully saturated rings. The molecule has 4 aromatic rings. The molecule has 39 heavy (non-hydrogen) atoms. The largest absolute Gasteiger partial charge is 0.496 e. The van der Waals surface area contributed by atoms with Crippen molar-refractivity contribution in [2.75, 3.05) is 12.4 Å². The van der Waals surface area contributed by atoms with Crippen molar-refractivity contribution in [3.05, 3.63) is 127 Å². The molecule has 194 valence electrons. The standard InChI is InChI=1S/C34H28ClNO3/c1-20-7-3-4-8-22(20)34(38)36-21-13-14-30(32(19-21)39-2)33(37)29-11-5-9-23-25-17-18-28-24(10-6-12-31(28)35)26(25)15-16-27(23)29/h3-4,6-8,10,12-16,18-19H,5,9,11,17H2,1-2H3,(H,36,38). The van der Waals surface area contributed by atoms with Gasteiger partial charge in [0, 0.05) is 27.9 Å². The zero-order valence-electron chi connectivity index (χ0n) is 21.9. The van der Waals surface area contributed by atoms with Crippen molar-refractivity contribution in [3.8, 4) is 5.75 Å². The van der Waals surface area contributed by atoms with Gasteiger partial charge in [-0.05, 0) is 94.4 Å². The minimum atomic E-state index is -0.200. The van der Waals surface area contributed by atoms with Gasteiger partial charge in [0.15, 0.2) is 5.78 Å². The van der Waals surface area contributed by atoms with Gasteiger partial charge in [0.2, 0.25) is 0 Å². The maximum atomic E-state index is 13.9. The fourth-order valence-corrected chi connectivity index (χ4v) is 6.14. The van der Waals surface area contributed by atoms with Gasteiger partial charge in [0.25, 0.3) is 5.91 Å². The highest BCUT2D eigenvalue weighted by Crippen LogP contribution is 2.30. The predicted octanol–water partition coefficient (Wildman–Crippen LogP) is 5.90. The van der Waals surface area contributed by atoms with Crippen molar-refractivity contribution < 1.29 is 14.3 Å². The number of amides is 1. The molecule has 0 atom stereocenters. The molecule has 0 spiro atoms. The molecular weight excluding hydrogens is 506 g/mol. The lowest BCUT2D eigenvalue weighted by molar-refractivity contribution is 0.102. The van der Waals surface area contributed by atoms with Crippen LogP contribution in [0.4, 0.5) is 5.69 Å². The summed E-state index contributed by atoms with van der Waals surface area (Å²) in [6.07, 6.45) is 5.57. The van der Waals surface area contributed by atoms with Crippen LogP contribution in [0.15, 0.2) is 72.8 Å². The van der Waals surface area contributed by atoms with E-state index in [4.69, 9.17) is 16.3 Å². The molecule has 2 aliphatic rings. The smallest absolute Gasteiger partial charge is 0.255 e. The number of Topliss-reactive ketones (excluding diaryl/α,β-unsaturated/α-hetero) is 1. The summed E-state index contributed by atoms with van der Waals surface area (Å²) in [7, 11) is 1.55. The van der Waals surface area contributed by atoms with Crippen LogP contribution in [-0.2, 0) is 12.8 Å². The quantitative estimate of drug-likeness (QED) is 0.325. The number of hydrogen-bond donors (Lipinski definition) is 1. The third kappa shape index (κ3) is 4.45. The van der Waals surface area contributed by atoms with E-state index in [0.717, 1.165) is 51.1 Å². The van der Waals surface area contributed by atoms with Crippen molar-refractivity contribution >= 4 is 40.6 Å². The fourth-order valence-electron chi connectivity index (χ4n) is 5.89. The Balaban J connectivity index is 1.40. The number of rotatable bonds is 5. The number of ketones is 1. The summed E-state index contributed by atoms with van der Waals surface area (Å²) in [5.41, 5.74) is 5.93. The van der Waals surface area contributed by atoms with Crippen molar-refractivity contribution in [3.63, 3.8) is 0 Å². The van der Waals surface area contributed by atoms with Crippen LogP contribution in [-0.4, -0.2) is 18.8 Å². The highest BCUT2D eigenvalue weighted by Gasteiger charge is 2.23. The third-order valence-electron chi connectivity index (χ3n) is 7.83. The van der Waals surface area contributed by atoms with Crippen LogP contribution >= 0.6 is 11.6 Å². The van der Waals surface area contributed by atoms with Crippen LogP contribution in [0, 0.1) is 17.4 Å². The highest BCUT2D eigenvalue weighted by molar-refractivity contribution is 6.30. The molecule has 0 heterocycles. The van der Waals surface area contributed by atoms with E-state index in [1.807, 2.05) is 37.3 Å². The second kappa shape index (κ2) is 10.2. The van der Waals surface area contributed by atoms with E-state index < -0.39 is 0 Å². The molecule has 0 saturated heterocycles. The molecule has 0 aliphatic heterocycles. The zero-order valence-corrected chi connectivity index (χ0v) is 22.7. The Morgan fingerprint density at radius 2 is 1.67 bits per heavy atom. The highest BCUT2D eigenvalue weighted by atomic mass is 35.5. The van der Waals surface area contributed by atoms with Crippen molar-refractivity contribution in [2.45, 2.75) is 32.6 Å². The molecule has 1 N–H and O–H groups in total. The Labute approximate surface area is 231 Å². The molecule has 0 unspecified atom stereocenters. The first kappa shape index (κ1) is 25.1. The van der Waals surface area contributed by atoms with Gasteiger partial charge in [0.1, 0.15) is 5.75 Å². The second-order valence-corrected chi connectivity index (χ2v) is 10.5. The number of aryl methyl sites for hydroxylation is 1. The number of methoxy groups -OCH3 is 1. The van der Waals surface area contributed by atoms with Crippen LogP contribution < -0.4 is 20.5 Å². The summed E-state index contributed by atoms with van der Waals surface area (Å²) in [4.78, 5) is 26.7. The van der Waals surface area contributed by atoms with Crippen LogP contribution in [0.1, 0.15) is 50.2 Å². The van der Waals surface area contributed by atoms with Gasteiger partial charge in [-0.15, -0.1) is 0 Å². The van der Waals surface area contributed by atoms with E-state index >= 15 is 0 Å². The predicted molar refractivity (Wildman–Crippen MR) is 156 cm³/mol. The van der Waals surface area contributed by atoms with E-state index in [1.54, 1.807) is 31.4 Å². The molecule has 0 aromatic heterocycles. The Morgan fingerprint density at radius 3 is 2.49 bits per heavy atom. The number of nitrogens with one attached hydrogen (secondary N) is 1. The zero-order chi connectivity index (χ0) is 27.1. The van der Waals surface area contributed by atoms with Gasteiger partial charge < -0.3 is 10.1 Å². The molecule has 6 rings (SSSR count).